The van der Waals surface area contributed by atoms with E-state index in [1.165, 1.54) is 25.3 Å². The Morgan fingerprint density at radius 2 is 0.930 bits per heavy atom. The first-order chi connectivity index (χ1) is 19.0. The Kier molecular flexibility index (Phi) is 47.2. The summed E-state index contributed by atoms with van der Waals surface area (Å²) < 4.78 is 40.2. The van der Waals surface area contributed by atoms with Crippen LogP contribution in [0.1, 0.15) is 11.1 Å². The van der Waals surface area contributed by atoms with Crippen molar-refractivity contribution in [3.8, 4) is 0 Å². The predicted octanol–water partition coefficient (Wildman–Crippen LogP) is 3.75. The van der Waals surface area contributed by atoms with Gasteiger partial charge in [0.05, 0.1) is 39.6 Å². The molecule has 9 nitrogen and oxygen atoms in total. The molecule has 2 aromatic carbocycles. The van der Waals surface area contributed by atoms with E-state index in [4.69, 9.17) is 37.9 Å². The van der Waals surface area contributed by atoms with E-state index in [2.05, 4.69) is 36.4 Å². The van der Waals surface area contributed by atoms with Gasteiger partial charge in [-0.1, -0.05) is 0 Å². The van der Waals surface area contributed by atoms with Crippen molar-refractivity contribution < 1.29 is 108 Å². The monoisotopic (exact) mass is 760 g/mol. The summed E-state index contributed by atoms with van der Waals surface area (Å²) in [5.41, 5.74) is 2.65. The van der Waals surface area contributed by atoms with Crippen LogP contribution < -0.4 is 0 Å². The number of aliphatic hydroxyl groups excluding tert-OH is 1. The van der Waals surface area contributed by atoms with Crippen molar-refractivity contribution in [2.75, 3.05) is 89.4 Å². The summed E-state index contributed by atoms with van der Waals surface area (Å²) in [7, 11) is 11.2. The molecule has 4 unspecified atom stereocenters. The number of methoxy groups -OCH3 is 7. The number of aliphatic hydroxyl groups is 1. The number of rotatable bonds is 18. The normalized spacial score (nSPS) is 12.5. The average Bonchev–Trinajstić information content (AvgIpc) is 2.96. The van der Waals surface area contributed by atoms with Crippen LogP contribution in [0.2, 0.25) is 0 Å². The molecule has 0 heterocycles. The number of hydrogen-bond donors (Lipinski definition) is 1. The molecule has 0 aliphatic carbocycles. The van der Waals surface area contributed by atoms with Gasteiger partial charge >= 0.3 is 0 Å². The van der Waals surface area contributed by atoms with Crippen LogP contribution >= 0.6 is 0 Å². The fraction of sp³-hybridized carbons (Fsp3) is 0.562. The standard InChI is InChI=1S/C13H10.C10H22O5.C7H16O4.2CH3.2Y/c1-3-7-12(8-4-1)11-13-9-5-2-6-10-13;1-11-5-9(13-3)7-15-8-10(14-4)6-12-2;1-9-4-6(8)7(11-3)5-10-2;;;;/h3-10H,11H2;9-10H,5-8H2,1-4H3;6-8H,4-5H2,1-3H3;2*1H3;;/q-2;;;2*-1;;. The quantitative estimate of drug-likeness (QED) is 0.228. The minimum Gasteiger partial charge on any atom is -0.388 e. The van der Waals surface area contributed by atoms with E-state index in [-0.39, 0.29) is 105 Å². The minimum atomic E-state index is -0.620. The van der Waals surface area contributed by atoms with Gasteiger partial charge in [0.15, 0.2) is 0 Å². The average molecular weight is 761 g/mol. The van der Waals surface area contributed by atoms with Crippen molar-refractivity contribution in [1.29, 1.82) is 0 Å². The van der Waals surface area contributed by atoms with E-state index in [9.17, 15) is 5.11 Å². The molecule has 2 radical (unpaired) electrons. The fourth-order valence-corrected chi connectivity index (χ4v) is 3.16. The van der Waals surface area contributed by atoms with Crippen molar-refractivity contribution in [3.63, 3.8) is 0 Å². The summed E-state index contributed by atoms with van der Waals surface area (Å²) in [6.07, 6.45) is -0.00129. The van der Waals surface area contributed by atoms with E-state index < -0.39 is 6.10 Å². The second-order valence-electron chi connectivity index (χ2n) is 8.41. The molecule has 0 aliphatic rings. The molecule has 0 fully saturated rings. The third-order valence-corrected chi connectivity index (χ3v) is 5.36. The summed E-state index contributed by atoms with van der Waals surface area (Å²) >= 11 is 0. The van der Waals surface area contributed by atoms with Gasteiger partial charge in [0.1, 0.15) is 24.4 Å². The van der Waals surface area contributed by atoms with Crippen molar-refractivity contribution in [2.24, 2.45) is 0 Å². The van der Waals surface area contributed by atoms with Gasteiger partial charge in [-0.15, -0.1) is 0 Å². The predicted molar refractivity (Wildman–Crippen MR) is 163 cm³/mol. The van der Waals surface area contributed by atoms with E-state index in [1.54, 1.807) is 35.5 Å². The zero-order valence-corrected chi connectivity index (χ0v) is 33.4. The smallest absolute Gasteiger partial charge is 0.108 e. The van der Waals surface area contributed by atoms with Crippen LogP contribution in [-0.2, 0) is 110 Å². The summed E-state index contributed by atoms with van der Waals surface area (Å²) in [5.74, 6) is 0. The van der Waals surface area contributed by atoms with Crippen LogP contribution in [0.15, 0.2) is 48.5 Å². The summed E-state index contributed by atoms with van der Waals surface area (Å²) in [6, 6.07) is 22.2. The van der Waals surface area contributed by atoms with Gasteiger partial charge in [-0.3, -0.25) is 0 Å². The third-order valence-electron chi connectivity index (χ3n) is 5.36. The molecule has 246 valence electrons. The molecule has 2 aromatic rings. The Labute approximate surface area is 312 Å². The maximum Gasteiger partial charge on any atom is 0.108 e. The molecule has 0 bridgehead atoms. The van der Waals surface area contributed by atoms with Crippen molar-refractivity contribution in [2.45, 2.75) is 30.8 Å². The molecule has 0 aromatic heterocycles. The first-order valence-electron chi connectivity index (χ1n) is 12.7. The third kappa shape index (κ3) is 29.4. The molecule has 0 saturated heterocycles. The summed E-state index contributed by atoms with van der Waals surface area (Å²) in [4.78, 5) is 0. The van der Waals surface area contributed by atoms with Gasteiger partial charge in [-0.25, -0.2) is 0 Å². The Morgan fingerprint density at radius 3 is 1.23 bits per heavy atom. The van der Waals surface area contributed by atoms with Crippen LogP contribution in [0.3, 0.4) is 0 Å². The van der Waals surface area contributed by atoms with E-state index in [0.29, 0.717) is 33.0 Å². The number of hydrogen-bond acceptors (Lipinski definition) is 9. The molecular weight excluding hydrogens is 706 g/mol. The number of ether oxygens (including phenoxy) is 8. The molecule has 0 spiro atoms. The fourth-order valence-electron chi connectivity index (χ4n) is 3.16. The molecule has 4 atom stereocenters. The van der Waals surface area contributed by atoms with Crippen LogP contribution in [-0.4, -0.2) is 119 Å². The second kappa shape index (κ2) is 38.5. The second-order valence-corrected chi connectivity index (χ2v) is 8.41. The largest absolute Gasteiger partial charge is 0.388 e. The molecule has 0 saturated carbocycles. The maximum atomic E-state index is 9.31. The van der Waals surface area contributed by atoms with Gasteiger partial charge in [0.2, 0.25) is 0 Å². The van der Waals surface area contributed by atoms with Crippen molar-refractivity contribution in [3.05, 3.63) is 86.6 Å². The molecule has 1 N–H and O–H groups in total. The Balaban J connectivity index is -0.000000162. The zero-order chi connectivity index (χ0) is 29.1. The van der Waals surface area contributed by atoms with Crippen LogP contribution in [0.25, 0.3) is 0 Å². The van der Waals surface area contributed by atoms with Gasteiger partial charge < -0.3 is 57.9 Å². The van der Waals surface area contributed by atoms with Gasteiger partial charge in [0, 0.05) is 115 Å². The molecule has 43 heavy (non-hydrogen) atoms. The van der Waals surface area contributed by atoms with E-state index >= 15 is 0 Å². The Bertz CT molecular complexity index is 710. The molecular formula is C32H54O9Y2-4. The first-order valence-corrected chi connectivity index (χ1v) is 12.7. The Hall–Kier alpha value is 0.288. The molecule has 2 rings (SSSR count). The summed E-state index contributed by atoms with van der Waals surface area (Å²) in [5, 5.41) is 9.31. The number of benzene rings is 2. The molecule has 11 heteroatoms. The zero-order valence-electron chi connectivity index (χ0n) is 27.7. The maximum absolute atomic E-state index is 9.31. The van der Waals surface area contributed by atoms with Crippen LogP contribution in [0, 0.1) is 27.0 Å². The van der Waals surface area contributed by atoms with E-state index in [1.807, 2.05) is 24.3 Å². The topological polar surface area (TPSA) is 94.1 Å². The van der Waals surface area contributed by atoms with Crippen molar-refractivity contribution in [1.82, 2.24) is 0 Å². The van der Waals surface area contributed by atoms with Gasteiger partial charge in [-0.2, -0.15) is 71.8 Å². The molecule has 0 amide bonds. The van der Waals surface area contributed by atoms with Gasteiger partial charge in [-0.05, 0) is 6.42 Å². The SMILES string of the molecule is COCC(COCC(COC)OC)OC.COCC(O)C(COC)OC.[CH3-].[CH3-].[Y].[Y].[c-]1ccc(Cc2cc[c-]cc2)cc1. The van der Waals surface area contributed by atoms with Crippen LogP contribution in [0.5, 0.6) is 0 Å². The van der Waals surface area contributed by atoms with E-state index in [0.717, 1.165) is 6.42 Å². The first kappa shape index (κ1) is 52.8. The van der Waals surface area contributed by atoms with Crippen molar-refractivity contribution >= 4 is 0 Å². The van der Waals surface area contributed by atoms with Crippen LogP contribution in [0.4, 0.5) is 0 Å². The summed E-state index contributed by atoms with van der Waals surface area (Å²) in [6.45, 7) is 2.68. The Morgan fingerprint density at radius 1 is 0.558 bits per heavy atom. The molecule has 0 aliphatic heterocycles. The van der Waals surface area contributed by atoms with Gasteiger partial charge in [0.25, 0.3) is 0 Å². The minimum absolute atomic E-state index is 0.